The summed E-state index contributed by atoms with van der Waals surface area (Å²) in [6.45, 7) is 4.44. The summed E-state index contributed by atoms with van der Waals surface area (Å²) in [5.74, 6) is 1.46. The third-order valence-electron chi connectivity index (χ3n) is 4.57. The highest BCUT2D eigenvalue weighted by atomic mass is 32.1. The van der Waals surface area contributed by atoms with E-state index >= 15 is 0 Å². The van der Waals surface area contributed by atoms with Crippen LogP contribution in [0.3, 0.4) is 0 Å². The summed E-state index contributed by atoms with van der Waals surface area (Å²) in [6.07, 6.45) is 0. The molecule has 0 unspecified atom stereocenters. The van der Waals surface area contributed by atoms with Crippen LogP contribution in [-0.2, 0) is 16.1 Å². The van der Waals surface area contributed by atoms with Gasteiger partial charge in [0.15, 0.2) is 5.82 Å². The highest BCUT2D eigenvalue weighted by Gasteiger charge is 2.20. The number of rotatable bonds is 6. The number of amides is 1. The Morgan fingerprint density at radius 3 is 2.89 bits per heavy atom. The highest BCUT2D eigenvalue weighted by Crippen LogP contribution is 2.38. The van der Waals surface area contributed by atoms with Gasteiger partial charge in [0.1, 0.15) is 30.3 Å². The van der Waals surface area contributed by atoms with Gasteiger partial charge in [-0.1, -0.05) is 6.07 Å². The van der Waals surface area contributed by atoms with E-state index in [2.05, 4.69) is 27.5 Å². The molecule has 1 amide bonds. The molecule has 3 aromatic heterocycles. The first kappa shape index (κ1) is 18.3. The molecule has 0 radical (unpaired) electrons. The topological polar surface area (TPSA) is 80.6 Å². The SMILES string of the molecule is CNC(=O)CNc1nc(C[NH+]2CCOCC2)nc2scc(-c3cccs3)c12. The summed E-state index contributed by atoms with van der Waals surface area (Å²) in [7, 11) is 1.63. The second kappa shape index (κ2) is 8.30. The van der Waals surface area contributed by atoms with Crippen molar-refractivity contribution in [2.75, 3.05) is 45.2 Å². The molecular formula is C18H22N5O2S2+. The first-order valence-corrected chi connectivity index (χ1v) is 10.7. The summed E-state index contributed by atoms with van der Waals surface area (Å²) in [5, 5.41) is 11.0. The number of nitrogens with zero attached hydrogens (tertiary/aromatic N) is 2. The first-order chi connectivity index (χ1) is 13.2. The molecule has 1 saturated heterocycles. The van der Waals surface area contributed by atoms with Crippen LogP contribution in [0.1, 0.15) is 5.82 Å². The lowest BCUT2D eigenvalue weighted by molar-refractivity contribution is -0.922. The summed E-state index contributed by atoms with van der Waals surface area (Å²) in [6, 6.07) is 4.14. The number of fused-ring (bicyclic) bond motifs is 1. The Hall–Kier alpha value is -2.07. The van der Waals surface area contributed by atoms with Crippen molar-refractivity contribution in [1.82, 2.24) is 15.3 Å². The maximum absolute atomic E-state index is 11.7. The fourth-order valence-electron chi connectivity index (χ4n) is 3.12. The predicted molar refractivity (Wildman–Crippen MR) is 109 cm³/mol. The first-order valence-electron chi connectivity index (χ1n) is 8.92. The number of nitrogens with one attached hydrogen (secondary N) is 3. The number of quaternary nitrogens is 1. The Labute approximate surface area is 165 Å². The van der Waals surface area contributed by atoms with Crippen LogP contribution in [0.5, 0.6) is 0 Å². The van der Waals surface area contributed by atoms with Gasteiger partial charge in [-0.2, -0.15) is 0 Å². The van der Waals surface area contributed by atoms with Gasteiger partial charge in [-0.25, -0.2) is 9.97 Å². The zero-order valence-corrected chi connectivity index (χ0v) is 16.7. The van der Waals surface area contributed by atoms with Gasteiger partial charge in [0.05, 0.1) is 25.1 Å². The van der Waals surface area contributed by atoms with Crippen molar-refractivity contribution in [2.45, 2.75) is 6.54 Å². The van der Waals surface area contributed by atoms with Crippen molar-refractivity contribution >= 4 is 44.6 Å². The van der Waals surface area contributed by atoms with Crippen LogP contribution in [0.15, 0.2) is 22.9 Å². The van der Waals surface area contributed by atoms with Crippen LogP contribution in [-0.4, -0.2) is 55.8 Å². The highest BCUT2D eigenvalue weighted by molar-refractivity contribution is 7.18. The molecule has 0 aliphatic carbocycles. The number of carbonyl (C=O) groups is 1. The lowest BCUT2D eigenvalue weighted by atomic mass is 10.2. The van der Waals surface area contributed by atoms with Crippen molar-refractivity contribution in [3.8, 4) is 10.4 Å². The van der Waals surface area contributed by atoms with E-state index in [0.29, 0.717) is 0 Å². The summed E-state index contributed by atoms with van der Waals surface area (Å²) < 4.78 is 5.44. The summed E-state index contributed by atoms with van der Waals surface area (Å²) in [4.78, 5) is 24.9. The average molecular weight is 405 g/mol. The Kier molecular flexibility index (Phi) is 5.63. The average Bonchev–Trinajstić information content (AvgIpc) is 3.36. The van der Waals surface area contributed by atoms with Crippen LogP contribution in [0, 0.1) is 0 Å². The van der Waals surface area contributed by atoms with Crippen molar-refractivity contribution in [3.63, 3.8) is 0 Å². The van der Waals surface area contributed by atoms with Crippen molar-refractivity contribution in [2.24, 2.45) is 0 Å². The smallest absolute Gasteiger partial charge is 0.239 e. The number of thiophene rings is 2. The fourth-order valence-corrected chi connectivity index (χ4v) is 4.90. The number of carbonyl (C=O) groups excluding carboxylic acids is 1. The lowest BCUT2D eigenvalue weighted by Gasteiger charge is -2.23. The molecule has 1 fully saturated rings. The Morgan fingerprint density at radius 2 is 2.15 bits per heavy atom. The lowest BCUT2D eigenvalue weighted by Crippen LogP contribution is -3.12. The molecule has 0 spiro atoms. The van der Waals surface area contributed by atoms with Crippen molar-refractivity contribution < 1.29 is 14.4 Å². The Morgan fingerprint density at radius 1 is 1.30 bits per heavy atom. The molecule has 1 aliphatic rings. The van der Waals surface area contributed by atoms with E-state index in [9.17, 15) is 4.79 Å². The number of hydrogen-bond donors (Lipinski definition) is 3. The molecular weight excluding hydrogens is 382 g/mol. The maximum atomic E-state index is 11.7. The van der Waals surface area contributed by atoms with E-state index in [4.69, 9.17) is 14.7 Å². The Balaban J connectivity index is 1.70. The van der Waals surface area contributed by atoms with E-state index in [0.717, 1.165) is 60.3 Å². The summed E-state index contributed by atoms with van der Waals surface area (Å²) >= 11 is 3.32. The second-order valence-electron chi connectivity index (χ2n) is 6.36. The van der Waals surface area contributed by atoms with Gasteiger partial charge < -0.3 is 20.3 Å². The van der Waals surface area contributed by atoms with Gasteiger partial charge in [-0.3, -0.25) is 4.79 Å². The van der Waals surface area contributed by atoms with Crippen molar-refractivity contribution in [1.29, 1.82) is 0 Å². The Bertz CT molecular complexity index is 919. The zero-order valence-electron chi connectivity index (χ0n) is 15.1. The van der Waals surface area contributed by atoms with E-state index in [-0.39, 0.29) is 12.5 Å². The number of anilines is 1. The van der Waals surface area contributed by atoms with Crippen LogP contribution < -0.4 is 15.5 Å². The molecule has 142 valence electrons. The molecule has 7 nitrogen and oxygen atoms in total. The van der Waals surface area contributed by atoms with Crippen LogP contribution in [0.25, 0.3) is 20.7 Å². The molecule has 0 bridgehead atoms. The number of aromatic nitrogens is 2. The van der Waals surface area contributed by atoms with Gasteiger partial charge in [0.2, 0.25) is 5.91 Å². The van der Waals surface area contributed by atoms with Gasteiger partial charge in [0, 0.05) is 22.9 Å². The molecule has 3 N–H and O–H groups in total. The quantitative estimate of drug-likeness (QED) is 0.571. The van der Waals surface area contributed by atoms with E-state index in [1.807, 2.05) is 6.07 Å². The molecule has 4 rings (SSSR count). The number of ether oxygens (including phenoxy) is 1. The van der Waals surface area contributed by atoms with Crippen molar-refractivity contribution in [3.05, 3.63) is 28.7 Å². The van der Waals surface area contributed by atoms with E-state index < -0.39 is 0 Å². The van der Waals surface area contributed by atoms with Crippen LogP contribution in [0.4, 0.5) is 5.82 Å². The number of morpholine rings is 1. The summed E-state index contributed by atoms with van der Waals surface area (Å²) in [5.41, 5.74) is 1.12. The molecule has 9 heteroatoms. The minimum atomic E-state index is -0.0741. The van der Waals surface area contributed by atoms with Gasteiger partial charge in [-0.05, 0) is 11.4 Å². The molecule has 0 atom stereocenters. The van der Waals surface area contributed by atoms with Crippen LogP contribution >= 0.6 is 22.7 Å². The molecule has 0 saturated carbocycles. The molecule has 1 aliphatic heterocycles. The van der Waals surface area contributed by atoms with Gasteiger partial charge in [-0.15, -0.1) is 22.7 Å². The van der Waals surface area contributed by atoms with Gasteiger partial charge >= 0.3 is 0 Å². The number of likely N-dealkylation sites (N-methyl/N-ethyl adjacent to an activating group) is 1. The molecule has 4 heterocycles. The minimum Gasteiger partial charge on any atom is -0.370 e. The third kappa shape index (κ3) is 4.11. The zero-order chi connectivity index (χ0) is 18.6. The maximum Gasteiger partial charge on any atom is 0.239 e. The fraction of sp³-hybridized carbons (Fsp3) is 0.389. The van der Waals surface area contributed by atoms with E-state index in [1.165, 1.54) is 9.78 Å². The predicted octanol–water partition coefficient (Wildman–Crippen LogP) is 0.993. The van der Waals surface area contributed by atoms with Gasteiger partial charge in [0.25, 0.3) is 0 Å². The number of hydrogen-bond acceptors (Lipinski definition) is 7. The third-order valence-corrected chi connectivity index (χ3v) is 6.35. The largest absolute Gasteiger partial charge is 0.370 e. The molecule has 3 aromatic rings. The minimum absolute atomic E-state index is 0.0741. The standard InChI is InChI=1S/C18H21N5O2S2/c1-19-15(24)9-20-17-16-12(13-3-2-8-26-13)11-27-18(16)22-14(21-17)10-23-4-6-25-7-5-23/h2-3,8,11H,4-7,9-10H2,1H3,(H,19,24)(H,20,21,22)/p+1. The molecule has 27 heavy (non-hydrogen) atoms. The molecule has 0 aromatic carbocycles. The van der Waals surface area contributed by atoms with Crippen LogP contribution in [0.2, 0.25) is 0 Å². The second-order valence-corrected chi connectivity index (χ2v) is 8.17. The normalized spacial score (nSPS) is 15.1. The van der Waals surface area contributed by atoms with E-state index in [1.54, 1.807) is 29.7 Å². The monoisotopic (exact) mass is 404 g/mol.